The summed E-state index contributed by atoms with van der Waals surface area (Å²) in [5.41, 5.74) is 0. The summed E-state index contributed by atoms with van der Waals surface area (Å²) in [6.45, 7) is 3.47. The van der Waals surface area contributed by atoms with Crippen LogP contribution in [-0.2, 0) is 15.0 Å². The highest BCUT2D eigenvalue weighted by molar-refractivity contribution is 7.86. The maximum absolute atomic E-state index is 11.9. The molecule has 0 amide bonds. The van der Waals surface area contributed by atoms with Crippen molar-refractivity contribution in [2.24, 2.45) is 0 Å². The third kappa shape index (κ3) is 1.91. The molecule has 2 heterocycles. The maximum atomic E-state index is 11.9. The highest BCUT2D eigenvalue weighted by Crippen LogP contribution is 2.15. The first-order chi connectivity index (χ1) is 6.71. The van der Waals surface area contributed by atoms with Crippen LogP contribution in [0.3, 0.4) is 0 Å². The summed E-state index contributed by atoms with van der Waals surface area (Å²) in [6, 6.07) is 0. The van der Waals surface area contributed by atoms with Gasteiger partial charge >= 0.3 is 10.2 Å². The minimum absolute atomic E-state index is 0.478. The van der Waals surface area contributed by atoms with E-state index >= 15 is 0 Å². The van der Waals surface area contributed by atoms with Crippen LogP contribution in [0.25, 0.3) is 0 Å². The number of hydrogen-bond donors (Lipinski definition) is 1. The van der Waals surface area contributed by atoms with Crippen molar-refractivity contribution in [3.8, 4) is 0 Å². The number of piperazine rings is 1. The normalized spacial score (nSPS) is 26.9. The lowest BCUT2D eigenvalue weighted by molar-refractivity contribution is -0.0343. The molecule has 2 aliphatic heterocycles. The van der Waals surface area contributed by atoms with E-state index in [4.69, 9.17) is 4.84 Å². The van der Waals surface area contributed by atoms with E-state index < -0.39 is 10.2 Å². The molecule has 0 radical (unpaired) electrons. The number of nitrogens with one attached hydrogen (secondary N) is 1. The number of hydrogen-bond acceptors (Lipinski definition) is 4. The smallest absolute Gasteiger partial charge is 0.304 e. The van der Waals surface area contributed by atoms with Crippen LogP contribution in [0.1, 0.15) is 6.42 Å². The molecule has 2 aliphatic rings. The molecule has 0 unspecified atom stereocenters. The molecule has 14 heavy (non-hydrogen) atoms. The average molecular weight is 221 g/mol. The van der Waals surface area contributed by atoms with Crippen LogP contribution in [0.15, 0.2) is 0 Å². The summed E-state index contributed by atoms with van der Waals surface area (Å²) >= 11 is 0. The van der Waals surface area contributed by atoms with E-state index in [9.17, 15) is 8.42 Å². The SMILES string of the molecule is O=S(=O)(N1CCNCC1)N1CCCO1. The molecule has 1 N–H and O–H groups in total. The Bertz CT molecular complexity index is 281. The lowest BCUT2D eigenvalue weighted by atomic mass is 10.4. The molecule has 0 saturated carbocycles. The predicted octanol–water partition coefficient (Wildman–Crippen LogP) is -1.23. The van der Waals surface area contributed by atoms with E-state index in [0.717, 1.165) is 10.9 Å². The molecule has 82 valence electrons. The average Bonchev–Trinajstić information content (AvgIpc) is 2.72. The van der Waals surface area contributed by atoms with Crippen LogP contribution in [0, 0.1) is 0 Å². The van der Waals surface area contributed by atoms with E-state index in [1.54, 1.807) is 0 Å². The van der Waals surface area contributed by atoms with Crippen LogP contribution in [-0.4, -0.2) is 56.5 Å². The summed E-state index contributed by atoms with van der Waals surface area (Å²) in [5.74, 6) is 0. The van der Waals surface area contributed by atoms with Gasteiger partial charge in [0.05, 0.1) is 6.61 Å². The quantitative estimate of drug-likeness (QED) is 0.634. The Morgan fingerprint density at radius 3 is 2.43 bits per heavy atom. The third-order valence-corrected chi connectivity index (χ3v) is 4.20. The van der Waals surface area contributed by atoms with E-state index in [-0.39, 0.29) is 0 Å². The zero-order valence-electron chi connectivity index (χ0n) is 7.98. The first-order valence-electron chi connectivity index (χ1n) is 4.83. The molecule has 0 aliphatic carbocycles. The van der Waals surface area contributed by atoms with Gasteiger partial charge in [-0.25, -0.2) is 0 Å². The van der Waals surface area contributed by atoms with E-state index in [1.165, 1.54) is 4.31 Å². The van der Waals surface area contributed by atoms with Gasteiger partial charge < -0.3 is 5.32 Å². The van der Waals surface area contributed by atoms with E-state index in [1.807, 2.05) is 0 Å². The first-order valence-corrected chi connectivity index (χ1v) is 6.22. The van der Waals surface area contributed by atoms with Gasteiger partial charge in [-0.1, -0.05) is 4.47 Å². The Hall–Kier alpha value is -0.210. The lowest BCUT2D eigenvalue weighted by Gasteiger charge is -2.29. The zero-order valence-corrected chi connectivity index (χ0v) is 8.79. The molecule has 2 rings (SSSR count). The van der Waals surface area contributed by atoms with Gasteiger partial charge in [-0.3, -0.25) is 4.84 Å². The lowest BCUT2D eigenvalue weighted by Crippen LogP contribution is -2.50. The minimum Gasteiger partial charge on any atom is -0.314 e. The summed E-state index contributed by atoms with van der Waals surface area (Å²) in [7, 11) is -3.36. The molecule has 6 nitrogen and oxygen atoms in total. The van der Waals surface area contributed by atoms with Gasteiger partial charge in [-0.2, -0.15) is 12.7 Å². The van der Waals surface area contributed by atoms with Gasteiger partial charge in [-0.15, -0.1) is 0 Å². The summed E-state index contributed by atoms with van der Waals surface area (Å²) < 4.78 is 26.4. The van der Waals surface area contributed by atoms with Crippen LogP contribution >= 0.6 is 0 Å². The molecule has 0 aromatic carbocycles. The van der Waals surface area contributed by atoms with Gasteiger partial charge in [0.1, 0.15) is 0 Å². The molecule has 0 bridgehead atoms. The maximum Gasteiger partial charge on any atom is 0.304 e. The molecular formula is C7H15N3O3S. The summed E-state index contributed by atoms with van der Waals surface area (Å²) in [4.78, 5) is 5.05. The second-order valence-corrected chi connectivity index (χ2v) is 5.19. The highest BCUT2D eigenvalue weighted by atomic mass is 32.2. The molecule has 0 aromatic rings. The molecule has 0 aromatic heterocycles. The zero-order chi connectivity index (χ0) is 10.0. The second-order valence-electron chi connectivity index (χ2n) is 3.37. The van der Waals surface area contributed by atoms with Crippen molar-refractivity contribution in [1.29, 1.82) is 0 Å². The molecule has 2 fully saturated rings. The van der Waals surface area contributed by atoms with Gasteiger partial charge in [0.15, 0.2) is 0 Å². The fraction of sp³-hybridized carbons (Fsp3) is 1.00. The molecule has 0 spiro atoms. The van der Waals surface area contributed by atoms with Gasteiger partial charge in [0, 0.05) is 32.7 Å². The Labute approximate surface area is 84.0 Å². The first kappa shape index (κ1) is 10.3. The van der Waals surface area contributed by atoms with Gasteiger partial charge in [0.2, 0.25) is 0 Å². The summed E-state index contributed by atoms with van der Waals surface area (Å²) in [5, 5.41) is 3.11. The molecule has 2 saturated heterocycles. The predicted molar refractivity (Wildman–Crippen MR) is 50.6 cm³/mol. The number of rotatable bonds is 2. The molecule has 0 atom stereocenters. The van der Waals surface area contributed by atoms with Gasteiger partial charge in [-0.05, 0) is 6.42 Å². The van der Waals surface area contributed by atoms with Crippen molar-refractivity contribution >= 4 is 10.2 Å². The largest absolute Gasteiger partial charge is 0.314 e. The Morgan fingerprint density at radius 1 is 1.14 bits per heavy atom. The van der Waals surface area contributed by atoms with Crippen molar-refractivity contribution in [2.75, 3.05) is 39.3 Å². The van der Waals surface area contributed by atoms with Crippen LogP contribution in [0.2, 0.25) is 0 Å². The van der Waals surface area contributed by atoms with Crippen molar-refractivity contribution in [3.63, 3.8) is 0 Å². The fourth-order valence-electron chi connectivity index (χ4n) is 1.61. The van der Waals surface area contributed by atoms with Crippen molar-refractivity contribution in [1.82, 2.24) is 14.1 Å². The fourth-order valence-corrected chi connectivity index (χ4v) is 3.08. The molecule has 7 heteroatoms. The van der Waals surface area contributed by atoms with E-state index in [0.29, 0.717) is 39.3 Å². The molecular weight excluding hydrogens is 206 g/mol. The van der Waals surface area contributed by atoms with Crippen LogP contribution in [0.5, 0.6) is 0 Å². The van der Waals surface area contributed by atoms with Crippen molar-refractivity contribution in [3.05, 3.63) is 0 Å². The Morgan fingerprint density at radius 2 is 1.86 bits per heavy atom. The van der Waals surface area contributed by atoms with Crippen molar-refractivity contribution in [2.45, 2.75) is 6.42 Å². The monoisotopic (exact) mass is 221 g/mol. The highest BCUT2D eigenvalue weighted by Gasteiger charge is 2.33. The topological polar surface area (TPSA) is 61.9 Å². The van der Waals surface area contributed by atoms with E-state index in [2.05, 4.69) is 5.32 Å². The number of nitrogens with zero attached hydrogens (tertiary/aromatic N) is 2. The Balaban J connectivity index is 2.05. The minimum atomic E-state index is -3.36. The van der Waals surface area contributed by atoms with Crippen LogP contribution in [0.4, 0.5) is 0 Å². The van der Waals surface area contributed by atoms with Gasteiger partial charge in [0.25, 0.3) is 0 Å². The van der Waals surface area contributed by atoms with Crippen LogP contribution < -0.4 is 5.32 Å². The summed E-state index contributed by atoms with van der Waals surface area (Å²) in [6.07, 6.45) is 0.783. The second kappa shape index (κ2) is 4.11. The third-order valence-electron chi connectivity index (χ3n) is 2.38. The number of hydroxylamine groups is 1. The van der Waals surface area contributed by atoms with Crippen molar-refractivity contribution < 1.29 is 13.3 Å². The standard InChI is InChI=1S/C7H15N3O3S/c11-14(12,10-4-1-7-13-10)9-5-2-8-3-6-9/h8H,1-7H2. The Kier molecular flexibility index (Phi) is 3.03.